The Hall–Kier alpha value is -4.05. The molecule has 3 aromatic rings. The lowest BCUT2D eigenvalue weighted by molar-refractivity contribution is -0.119. The first-order valence-corrected chi connectivity index (χ1v) is 13.8. The van der Waals surface area contributed by atoms with Gasteiger partial charge in [0.25, 0.3) is 15.9 Å². The summed E-state index contributed by atoms with van der Waals surface area (Å²) in [6.45, 7) is 6.80. The Balaban J connectivity index is 1.78. The monoisotopic (exact) mass is 539 g/mol. The van der Waals surface area contributed by atoms with Gasteiger partial charge in [-0.2, -0.15) is 5.10 Å². The first kappa shape index (κ1) is 28.5. The van der Waals surface area contributed by atoms with E-state index in [-0.39, 0.29) is 4.90 Å². The van der Waals surface area contributed by atoms with Crippen LogP contribution in [0.4, 0.5) is 5.69 Å². The van der Waals surface area contributed by atoms with Crippen molar-refractivity contribution in [3.63, 3.8) is 0 Å². The maximum absolute atomic E-state index is 13.4. The Bertz CT molecular complexity index is 1310. The second kappa shape index (κ2) is 14.0. The lowest BCUT2D eigenvalue weighted by Gasteiger charge is -2.24. The Morgan fingerprint density at radius 1 is 0.895 bits per heavy atom. The van der Waals surface area contributed by atoms with Gasteiger partial charge >= 0.3 is 0 Å². The predicted molar refractivity (Wildman–Crippen MR) is 148 cm³/mol. The van der Waals surface area contributed by atoms with Gasteiger partial charge in [-0.15, -0.1) is 0 Å². The third kappa shape index (κ3) is 7.72. The van der Waals surface area contributed by atoms with Crippen molar-refractivity contribution in [1.82, 2.24) is 5.43 Å². The van der Waals surface area contributed by atoms with Crippen molar-refractivity contribution in [2.45, 2.75) is 32.1 Å². The smallest absolute Gasteiger partial charge is 0.264 e. The zero-order valence-corrected chi connectivity index (χ0v) is 22.6. The van der Waals surface area contributed by atoms with Gasteiger partial charge in [-0.3, -0.25) is 9.10 Å². The van der Waals surface area contributed by atoms with E-state index in [1.165, 1.54) is 18.3 Å². The molecule has 38 heavy (non-hydrogen) atoms. The number of carbonyl (C=O) groups excluding carboxylic acids is 1. The number of carbonyl (C=O) groups is 1. The van der Waals surface area contributed by atoms with Crippen LogP contribution in [-0.4, -0.2) is 46.9 Å². The van der Waals surface area contributed by atoms with Gasteiger partial charge in [0.2, 0.25) is 0 Å². The van der Waals surface area contributed by atoms with E-state index in [9.17, 15) is 13.2 Å². The molecule has 0 unspecified atom stereocenters. The van der Waals surface area contributed by atoms with Crippen LogP contribution in [0.1, 0.15) is 32.8 Å². The number of rotatable bonds is 14. The number of nitrogens with zero attached hydrogens (tertiary/aromatic N) is 2. The van der Waals surface area contributed by atoms with Crippen molar-refractivity contribution < 1.29 is 27.4 Å². The topological polar surface area (TPSA) is 107 Å². The quantitative estimate of drug-likeness (QED) is 0.237. The second-order valence-electron chi connectivity index (χ2n) is 8.03. The number of hydrogen-bond acceptors (Lipinski definition) is 7. The first-order chi connectivity index (χ1) is 18.4. The van der Waals surface area contributed by atoms with E-state index in [0.717, 1.165) is 10.7 Å². The highest BCUT2D eigenvalue weighted by Gasteiger charge is 2.27. The van der Waals surface area contributed by atoms with Crippen LogP contribution in [0.5, 0.6) is 17.2 Å². The SMILES string of the molecule is CCCOc1ccc(/C=N\NC(=O)CN(c2ccc(OCC)cc2)S(=O)(=O)c2ccccc2)cc1OCC. The molecule has 3 aromatic carbocycles. The minimum absolute atomic E-state index is 0.0685. The average Bonchev–Trinajstić information content (AvgIpc) is 2.92. The Morgan fingerprint density at radius 3 is 2.26 bits per heavy atom. The number of benzene rings is 3. The number of anilines is 1. The van der Waals surface area contributed by atoms with Crippen LogP contribution >= 0.6 is 0 Å². The van der Waals surface area contributed by atoms with E-state index in [0.29, 0.717) is 48.3 Å². The summed E-state index contributed by atoms with van der Waals surface area (Å²) in [7, 11) is -4.03. The summed E-state index contributed by atoms with van der Waals surface area (Å²) in [5.74, 6) is 1.20. The van der Waals surface area contributed by atoms with Crippen LogP contribution < -0.4 is 23.9 Å². The third-order valence-electron chi connectivity index (χ3n) is 5.19. The molecule has 3 rings (SSSR count). The molecule has 10 heteroatoms. The molecule has 0 aliphatic carbocycles. The zero-order valence-electron chi connectivity index (χ0n) is 21.8. The molecule has 0 fully saturated rings. The number of nitrogens with one attached hydrogen (secondary N) is 1. The summed E-state index contributed by atoms with van der Waals surface area (Å²) in [6, 6.07) is 19.8. The summed E-state index contributed by atoms with van der Waals surface area (Å²) < 4.78 is 44.7. The molecule has 0 saturated heterocycles. The zero-order chi connectivity index (χ0) is 27.4. The highest BCUT2D eigenvalue weighted by atomic mass is 32.2. The number of hydrazone groups is 1. The Labute approximate surface area is 224 Å². The Morgan fingerprint density at radius 2 is 1.61 bits per heavy atom. The van der Waals surface area contributed by atoms with Crippen LogP contribution in [0.15, 0.2) is 82.8 Å². The van der Waals surface area contributed by atoms with Crippen molar-refractivity contribution in [3.05, 3.63) is 78.4 Å². The largest absolute Gasteiger partial charge is 0.494 e. The maximum Gasteiger partial charge on any atom is 0.264 e. The van der Waals surface area contributed by atoms with Gasteiger partial charge in [0, 0.05) is 0 Å². The highest BCUT2D eigenvalue weighted by molar-refractivity contribution is 7.92. The van der Waals surface area contributed by atoms with E-state index in [4.69, 9.17) is 14.2 Å². The molecule has 0 atom stereocenters. The van der Waals surface area contributed by atoms with Crippen LogP contribution in [-0.2, 0) is 14.8 Å². The number of hydrogen-bond donors (Lipinski definition) is 1. The Kier molecular flexibility index (Phi) is 10.5. The fraction of sp³-hybridized carbons (Fsp3) is 0.286. The molecule has 1 amide bonds. The highest BCUT2D eigenvalue weighted by Crippen LogP contribution is 2.28. The number of amides is 1. The van der Waals surface area contributed by atoms with Crippen LogP contribution in [0.25, 0.3) is 0 Å². The third-order valence-corrected chi connectivity index (χ3v) is 6.97. The first-order valence-electron chi connectivity index (χ1n) is 12.4. The van der Waals surface area contributed by atoms with Crippen molar-refractivity contribution in [2.24, 2.45) is 5.10 Å². The molecule has 1 N–H and O–H groups in total. The molecule has 0 aliphatic heterocycles. The summed E-state index contributed by atoms with van der Waals surface area (Å²) in [5.41, 5.74) is 3.41. The fourth-order valence-electron chi connectivity index (χ4n) is 3.46. The molecule has 9 nitrogen and oxygen atoms in total. The molecular formula is C28H33N3O6S. The summed E-state index contributed by atoms with van der Waals surface area (Å²) in [6.07, 6.45) is 2.32. The summed E-state index contributed by atoms with van der Waals surface area (Å²) >= 11 is 0. The fourth-order valence-corrected chi connectivity index (χ4v) is 4.90. The van der Waals surface area contributed by atoms with Gasteiger partial charge < -0.3 is 14.2 Å². The van der Waals surface area contributed by atoms with Crippen LogP contribution in [0.2, 0.25) is 0 Å². The number of sulfonamides is 1. The predicted octanol–water partition coefficient (Wildman–Crippen LogP) is 4.62. The van der Waals surface area contributed by atoms with Crippen molar-refractivity contribution in [1.29, 1.82) is 0 Å². The van der Waals surface area contributed by atoms with Gasteiger partial charge in [-0.25, -0.2) is 13.8 Å². The van der Waals surface area contributed by atoms with Gasteiger partial charge in [0.15, 0.2) is 11.5 Å². The van der Waals surface area contributed by atoms with Crippen LogP contribution in [0, 0.1) is 0 Å². The molecular weight excluding hydrogens is 506 g/mol. The molecule has 0 radical (unpaired) electrons. The van der Waals surface area contributed by atoms with E-state index >= 15 is 0 Å². The molecule has 0 saturated carbocycles. The van der Waals surface area contributed by atoms with Gasteiger partial charge in [-0.1, -0.05) is 25.1 Å². The summed E-state index contributed by atoms with van der Waals surface area (Å²) in [5, 5.41) is 4.01. The van der Waals surface area contributed by atoms with Gasteiger partial charge in [-0.05, 0) is 80.4 Å². The minimum atomic E-state index is -4.03. The van der Waals surface area contributed by atoms with Gasteiger partial charge in [0.1, 0.15) is 12.3 Å². The molecule has 202 valence electrons. The van der Waals surface area contributed by atoms with Gasteiger partial charge in [0.05, 0.1) is 36.6 Å². The molecule has 0 spiro atoms. The standard InChI is InChI=1S/C28H33N3O6S/c1-4-18-37-26-17-12-22(19-27(26)36-6-3)20-29-30-28(32)21-31(23-13-15-24(16-14-23)35-5-2)38(33,34)25-10-8-7-9-11-25/h7-17,19-20H,4-6,18,21H2,1-3H3,(H,30,32)/b29-20-. The second-order valence-corrected chi connectivity index (χ2v) is 9.89. The van der Waals surface area contributed by atoms with Crippen molar-refractivity contribution in [2.75, 3.05) is 30.7 Å². The lowest BCUT2D eigenvalue weighted by atomic mass is 10.2. The van der Waals surface area contributed by atoms with E-state index in [2.05, 4.69) is 10.5 Å². The van der Waals surface area contributed by atoms with Crippen molar-refractivity contribution >= 4 is 27.8 Å². The normalized spacial score (nSPS) is 11.2. The van der Waals surface area contributed by atoms with Crippen LogP contribution in [0.3, 0.4) is 0 Å². The van der Waals surface area contributed by atoms with Crippen molar-refractivity contribution in [3.8, 4) is 17.2 Å². The maximum atomic E-state index is 13.4. The van der Waals surface area contributed by atoms with E-state index in [1.54, 1.807) is 60.7 Å². The summed E-state index contributed by atoms with van der Waals surface area (Å²) in [4.78, 5) is 12.9. The van der Waals surface area contributed by atoms with E-state index < -0.39 is 22.5 Å². The minimum Gasteiger partial charge on any atom is -0.494 e. The molecule has 0 bridgehead atoms. The average molecular weight is 540 g/mol. The molecule has 0 aliphatic rings. The molecule has 0 heterocycles. The lowest BCUT2D eigenvalue weighted by Crippen LogP contribution is -2.39. The number of ether oxygens (including phenoxy) is 3. The molecule has 0 aromatic heterocycles. The van der Waals surface area contributed by atoms with E-state index in [1.807, 2.05) is 20.8 Å².